The number of alkyl halides is 3. The summed E-state index contributed by atoms with van der Waals surface area (Å²) in [5.41, 5.74) is 0. The zero-order valence-electron chi connectivity index (χ0n) is 7.29. The van der Waals surface area contributed by atoms with Crippen molar-refractivity contribution in [2.24, 2.45) is 0 Å². The van der Waals surface area contributed by atoms with Crippen molar-refractivity contribution in [3.63, 3.8) is 0 Å². The van der Waals surface area contributed by atoms with Crippen LogP contribution in [0.15, 0.2) is 0 Å². The summed E-state index contributed by atoms with van der Waals surface area (Å²) >= 11 is 0. The van der Waals surface area contributed by atoms with Crippen molar-refractivity contribution in [1.29, 1.82) is 0 Å². The van der Waals surface area contributed by atoms with Crippen molar-refractivity contribution < 1.29 is 30.0 Å². The van der Waals surface area contributed by atoms with Gasteiger partial charge in [0.05, 0.1) is 19.9 Å². The zero-order valence-corrected chi connectivity index (χ0v) is 8.10. The standard InChI is InChI=1S/C6H11F3O4S/c7-3-1-4-12-14(10,11)13-5-2-6(8)9/h6H,1-5H2. The van der Waals surface area contributed by atoms with Crippen LogP contribution >= 0.6 is 0 Å². The molecule has 86 valence electrons. The molecule has 0 aromatic heterocycles. The monoisotopic (exact) mass is 236 g/mol. The van der Waals surface area contributed by atoms with Crippen LogP contribution < -0.4 is 0 Å². The van der Waals surface area contributed by atoms with Gasteiger partial charge < -0.3 is 0 Å². The minimum absolute atomic E-state index is 0.0859. The normalized spacial score (nSPS) is 12.3. The van der Waals surface area contributed by atoms with Gasteiger partial charge in [0, 0.05) is 12.8 Å². The Kier molecular flexibility index (Phi) is 6.85. The minimum Gasteiger partial charge on any atom is -0.251 e. The summed E-state index contributed by atoms with van der Waals surface area (Å²) in [7, 11) is -4.25. The van der Waals surface area contributed by atoms with Gasteiger partial charge in [0.1, 0.15) is 0 Å². The average molecular weight is 236 g/mol. The highest BCUT2D eigenvalue weighted by Gasteiger charge is 2.13. The molecule has 0 rings (SSSR count). The molecule has 0 spiro atoms. The van der Waals surface area contributed by atoms with Gasteiger partial charge in [-0.05, 0) is 0 Å². The molecule has 0 N–H and O–H groups in total. The fourth-order valence-corrected chi connectivity index (χ4v) is 1.18. The highest BCUT2D eigenvalue weighted by molar-refractivity contribution is 7.81. The van der Waals surface area contributed by atoms with Gasteiger partial charge in [-0.15, -0.1) is 0 Å². The van der Waals surface area contributed by atoms with Crippen LogP contribution in [0.5, 0.6) is 0 Å². The Morgan fingerprint density at radius 3 is 2.21 bits per heavy atom. The first kappa shape index (κ1) is 13.7. The third-order valence-electron chi connectivity index (χ3n) is 1.07. The molecule has 0 heterocycles. The largest absolute Gasteiger partial charge is 0.399 e. The molecule has 0 bridgehead atoms. The molecule has 0 saturated heterocycles. The maximum atomic E-state index is 11.6. The van der Waals surface area contributed by atoms with Crippen molar-refractivity contribution in [3.8, 4) is 0 Å². The van der Waals surface area contributed by atoms with E-state index in [0.29, 0.717) is 0 Å². The van der Waals surface area contributed by atoms with Gasteiger partial charge >= 0.3 is 10.4 Å². The molecule has 8 heteroatoms. The second-order valence-corrected chi connectivity index (χ2v) is 3.56. The second kappa shape index (κ2) is 7.02. The predicted octanol–water partition coefficient (Wildman–Crippen LogP) is 1.28. The van der Waals surface area contributed by atoms with Crippen LogP contribution in [0.1, 0.15) is 12.8 Å². The molecule has 0 amide bonds. The number of hydrogen-bond donors (Lipinski definition) is 0. The summed E-state index contributed by atoms with van der Waals surface area (Å²) in [6.07, 6.45) is -3.40. The van der Waals surface area contributed by atoms with Gasteiger partial charge in [-0.2, -0.15) is 8.42 Å². The smallest absolute Gasteiger partial charge is 0.251 e. The van der Waals surface area contributed by atoms with Crippen molar-refractivity contribution in [2.75, 3.05) is 19.9 Å². The lowest BCUT2D eigenvalue weighted by Crippen LogP contribution is -2.13. The zero-order chi connectivity index (χ0) is 11.0. The first-order valence-corrected chi connectivity index (χ1v) is 5.19. The summed E-state index contributed by atoms with van der Waals surface area (Å²) in [5.74, 6) is 0. The van der Waals surface area contributed by atoms with E-state index in [2.05, 4.69) is 8.37 Å². The van der Waals surface area contributed by atoms with E-state index in [0.717, 1.165) is 0 Å². The lowest BCUT2D eigenvalue weighted by atomic mass is 10.5. The highest BCUT2D eigenvalue weighted by atomic mass is 32.3. The van der Waals surface area contributed by atoms with E-state index in [1.165, 1.54) is 0 Å². The SMILES string of the molecule is O=S(=O)(OCCCF)OCCC(F)F. The van der Waals surface area contributed by atoms with E-state index in [1.807, 2.05) is 0 Å². The summed E-state index contributed by atoms with van der Waals surface area (Å²) < 4.78 is 64.1. The highest BCUT2D eigenvalue weighted by Crippen LogP contribution is 2.03. The Morgan fingerprint density at radius 1 is 1.14 bits per heavy atom. The van der Waals surface area contributed by atoms with Gasteiger partial charge in [-0.25, -0.2) is 17.1 Å². The van der Waals surface area contributed by atoms with Crippen LogP contribution in [0.2, 0.25) is 0 Å². The molecule has 0 aromatic carbocycles. The Hall–Kier alpha value is -0.340. The maximum Gasteiger partial charge on any atom is 0.399 e. The maximum absolute atomic E-state index is 11.6. The molecular formula is C6H11F3O4S. The van der Waals surface area contributed by atoms with E-state index in [1.54, 1.807) is 0 Å². The summed E-state index contributed by atoms with van der Waals surface area (Å²) in [5, 5.41) is 0. The average Bonchev–Trinajstić information content (AvgIpc) is 2.03. The molecule has 4 nitrogen and oxygen atoms in total. The lowest BCUT2D eigenvalue weighted by molar-refractivity contribution is 0.108. The number of halogens is 3. The van der Waals surface area contributed by atoms with Gasteiger partial charge in [-0.1, -0.05) is 0 Å². The molecule has 0 aliphatic carbocycles. The number of rotatable bonds is 8. The summed E-state index contributed by atoms with van der Waals surface area (Å²) in [4.78, 5) is 0. The van der Waals surface area contributed by atoms with Crippen molar-refractivity contribution in [2.45, 2.75) is 19.3 Å². The first-order valence-electron chi connectivity index (χ1n) is 3.86. The van der Waals surface area contributed by atoms with Crippen LogP contribution in [0, 0.1) is 0 Å². The van der Waals surface area contributed by atoms with Gasteiger partial charge in [0.2, 0.25) is 6.43 Å². The predicted molar refractivity (Wildman–Crippen MR) is 42.0 cm³/mol. The molecule has 14 heavy (non-hydrogen) atoms. The van der Waals surface area contributed by atoms with E-state index in [9.17, 15) is 21.6 Å². The van der Waals surface area contributed by atoms with E-state index in [4.69, 9.17) is 0 Å². The van der Waals surface area contributed by atoms with Gasteiger partial charge in [0.15, 0.2) is 0 Å². The van der Waals surface area contributed by atoms with Gasteiger partial charge in [0.25, 0.3) is 0 Å². The third kappa shape index (κ3) is 8.27. The van der Waals surface area contributed by atoms with Crippen LogP contribution in [0.3, 0.4) is 0 Å². The molecule has 0 unspecified atom stereocenters. The second-order valence-electron chi connectivity index (χ2n) is 2.27. The van der Waals surface area contributed by atoms with Crippen LogP contribution in [-0.2, 0) is 18.8 Å². The quantitative estimate of drug-likeness (QED) is 0.596. The molecule has 0 aromatic rings. The first-order chi connectivity index (χ1) is 6.48. The molecule has 0 saturated carbocycles. The summed E-state index contributed by atoms with van der Waals surface area (Å²) in [6.45, 7) is -1.71. The minimum atomic E-state index is -4.25. The molecule has 0 aliphatic rings. The fraction of sp³-hybridized carbons (Fsp3) is 1.00. The Labute approximate surface area is 80.3 Å². The summed E-state index contributed by atoms with van der Waals surface area (Å²) in [6, 6.07) is 0. The Balaban J connectivity index is 3.62. The van der Waals surface area contributed by atoms with Crippen LogP contribution in [0.25, 0.3) is 0 Å². The molecular weight excluding hydrogens is 225 g/mol. The van der Waals surface area contributed by atoms with E-state index < -0.39 is 36.5 Å². The molecule has 0 aliphatic heterocycles. The Bertz CT molecular complexity index is 229. The topological polar surface area (TPSA) is 52.6 Å². The lowest BCUT2D eigenvalue weighted by Gasteiger charge is -2.04. The number of hydrogen-bond acceptors (Lipinski definition) is 4. The van der Waals surface area contributed by atoms with E-state index >= 15 is 0 Å². The molecule has 0 fully saturated rings. The van der Waals surface area contributed by atoms with Crippen LogP contribution in [-0.4, -0.2) is 34.7 Å². The third-order valence-corrected chi connectivity index (χ3v) is 1.98. The van der Waals surface area contributed by atoms with E-state index in [-0.39, 0.29) is 13.0 Å². The molecule has 0 radical (unpaired) electrons. The fourth-order valence-electron chi connectivity index (χ4n) is 0.489. The van der Waals surface area contributed by atoms with Crippen molar-refractivity contribution in [3.05, 3.63) is 0 Å². The van der Waals surface area contributed by atoms with Crippen molar-refractivity contribution in [1.82, 2.24) is 0 Å². The Morgan fingerprint density at radius 2 is 1.71 bits per heavy atom. The molecule has 0 atom stereocenters. The van der Waals surface area contributed by atoms with Gasteiger partial charge in [-0.3, -0.25) is 4.39 Å². The van der Waals surface area contributed by atoms with Crippen LogP contribution in [0.4, 0.5) is 13.2 Å². The van der Waals surface area contributed by atoms with Crippen molar-refractivity contribution >= 4 is 10.4 Å².